The molecule has 1 fully saturated rings. The third-order valence-corrected chi connectivity index (χ3v) is 3.45. The summed E-state index contributed by atoms with van der Waals surface area (Å²) in [6.07, 6.45) is 4.30. The summed E-state index contributed by atoms with van der Waals surface area (Å²) < 4.78 is 32.0. The van der Waals surface area contributed by atoms with Crippen LogP contribution in [0.25, 0.3) is 0 Å². The molecule has 1 amide bonds. The van der Waals surface area contributed by atoms with Gasteiger partial charge in [0.25, 0.3) is 0 Å². The van der Waals surface area contributed by atoms with Crippen LogP contribution in [-0.2, 0) is 4.74 Å². The number of carbonyl (C=O) groups excluding carboxylic acids is 1. The van der Waals surface area contributed by atoms with Crippen molar-refractivity contribution in [3.63, 3.8) is 0 Å². The Hall–Kier alpha value is -1.65. The molecular weight excluding hydrogens is 264 g/mol. The monoisotopic (exact) mass is 283 g/mol. The molecule has 0 aliphatic carbocycles. The maximum Gasteiger partial charge on any atom is 0.414 e. The van der Waals surface area contributed by atoms with Crippen molar-refractivity contribution in [3.8, 4) is 0 Å². The number of hydrogen-bond acceptors (Lipinski definition) is 2. The molecule has 0 aromatic heterocycles. The van der Waals surface area contributed by atoms with E-state index >= 15 is 0 Å². The molecule has 1 aliphatic heterocycles. The first-order chi connectivity index (χ1) is 9.61. The van der Waals surface area contributed by atoms with Gasteiger partial charge in [0.15, 0.2) is 0 Å². The van der Waals surface area contributed by atoms with Crippen LogP contribution >= 0.6 is 0 Å². The van der Waals surface area contributed by atoms with Gasteiger partial charge in [0.1, 0.15) is 17.7 Å². The predicted octanol–water partition coefficient (Wildman–Crippen LogP) is 4.26. The van der Waals surface area contributed by atoms with Gasteiger partial charge in [0.2, 0.25) is 0 Å². The van der Waals surface area contributed by atoms with Gasteiger partial charge < -0.3 is 4.74 Å². The number of hydrogen-bond donors (Lipinski definition) is 0. The maximum absolute atomic E-state index is 13.7. The average Bonchev–Trinajstić information content (AvgIpc) is 2.79. The number of rotatable bonds is 6. The Labute approximate surface area is 117 Å². The first-order valence-corrected chi connectivity index (χ1v) is 7.05. The average molecular weight is 283 g/mol. The van der Waals surface area contributed by atoms with Crippen molar-refractivity contribution in [1.82, 2.24) is 0 Å². The summed E-state index contributed by atoms with van der Waals surface area (Å²) in [6, 6.07) is 3.07. The number of cyclic esters (lactones) is 1. The third-order valence-electron chi connectivity index (χ3n) is 3.45. The van der Waals surface area contributed by atoms with Crippen LogP contribution in [0.5, 0.6) is 0 Å². The molecule has 1 aliphatic rings. The Balaban J connectivity index is 1.97. The van der Waals surface area contributed by atoms with Gasteiger partial charge in [-0.1, -0.05) is 26.2 Å². The minimum atomic E-state index is -0.616. The number of nitrogens with zero attached hydrogens (tertiary/aromatic N) is 1. The lowest BCUT2D eigenvalue weighted by Gasteiger charge is -2.13. The lowest BCUT2D eigenvalue weighted by molar-refractivity contribution is 0.135. The maximum atomic E-state index is 13.7. The topological polar surface area (TPSA) is 29.5 Å². The summed E-state index contributed by atoms with van der Waals surface area (Å²) in [5.74, 6) is -1.18. The highest BCUT2D eigenvalue weighted by Gasteiger charge is 2.33. The molecule has 0 bridgehead atoms. The van der Waals surface area contributed by atoms with E-state index in [0.29, 0.717) is 0 Å². The smallest absolute Gasteiger partial charge is 0.414 e. The van der Waals surface area contributed by atoms with Crippen LogP contribution in [0, 0.1) is 11.6 Å². The van der Waals surface area contributed by atoms with Crippen LogP contribution < -0.4 is 4.90 Å². The van der Waals surface area contributed by atoms with E-state index in [9.17, 15) is 13.6 Å². The number of benzene rings is 1. The highest BCUT2D eigenvalue weighted by molar-refractivity contribution is 5.89. The molecule has 2 rings (SSSR count). The lowest BCUT2D eigenvalue weighted by atomic mass is 10.1. The second kappa shape index (κ2) is 6.68. The summed E-state index contributed by atoms with van der Waals surface area (Å²) in [5.41, 5.74) is -0.0499. The second-order valence-corrected chi connectivity index (χ2v) is 5.06. The van der Waals surface area contributed by atoms with Gasteiger partial charge in [-0.05, 0) is 25.0 Å². The molecule has 1 aromatic carbocycles. The minimum Gasteiger partial charge on any atom is -0.444 e. The first kappa shape index (κ1) is 14.8. The van der Waals surface area contributed by atoms with Crippen molar-refractivity contribution in [2.24, 2.45) is 0 Å². The van der Waals surface area contributed by atoms with E-state index in [1.54, 1.807) is 0 Å². The molecule has 0 radical (unpaired) electrons. The number of amides is 1. The van der Waals surface area contributed by atoms with Gasteiger partial charge in [-0.3, -0.25) is 4.90 Å². The summed E-state index contributed by atoms with van der Waals surface area (Å²) in [7, 11) is 0. The van der Waals surface area contributed by atoms with Crippen molar-refractivity contribution in [1.29, 1.82) is 0 Å². The SMILES string of the molecule is CCCCCCC1CN(c2cc(F)ccc2F)C(=O)O1. The molecule has 0 spiro atoms. The Kier molecular flexibility index (Phi) is 4.93. The minimum absolute atomic E-state index is 0.0499. The van der Waals surface area contributed by atoms with E-state index in [0.717, 1.165) is 50.3 Å². The van der Waals surface area contributed by atoms with Crippen LogP contribution in [0.15, 0.2) is 18.2 Å². The van der Waals surface area contributed by atoms with Crippen LogP contribution in [0.3, 0.4) is 0 Å². The summed E-state index contributed by atoms with van der Waals surface area (Å²) >= 11 is 0. The van der Waals surface area contributed by atoms with Crippen molar-refractivity contribution in [2.45, 2.75) is 45.1 Å². The van der Waals surface area contributed by atoms with Crippen LogP contribution in [0.4, 0.5) is 19.3 Å². The Morgan fingerprint density at radius 3 is 2.85 bits per heavy atom. The zero-order chi connectivity index (χ0) is 14.5. The number of carbonyl (C=O) groups is 1. The predicted molar refractivity (Wildman–Crippen MR) is 72.7 cm³/mol. The first-order valence-electron chi connectivity index (χ1n) is 7.05. The molecule has 1 unspecified atom stereocenters. The van der Waals surface area contributed by atoms with Crippen molar-refractivity contribution >= 4 is 11.8 Å². The zero-order valence-electron chi connectivity index (χ0n) is 11.6. The molecular formula is C15H19F2NO2. The summed E-state index contributed by atoms with van der Waals surface area (Å²) in [6.45, 7) is 2.41. The number of ether oxygens (including phenoxy) is 1. The fraction of sp³-hybridized carbons (Fsp3) is 0.533. The molecule has 110 valence electrons. The molecule has 0 N–H and O–H groups in total. The van der Waals surface area contributed by atoms with Gasteiger partial charge >= 0.3 is 6.09 Å². The third kappa shape index (κ3) is 3.46. The Morgan fingerprint density at radius 1 is 1.30 bits per heavy atom. The van der Waals surface area contributed by atoms with E-state index in [4.69, 9.17) is 4.74 Å². The van der Waals surface area contributed by atoms with Crippen LogP contribution in [-0.4, -0.2) is 18.7 Å². The van der Waals surface area contributed by atoms with Crippen LogP contribution in [0.2, 0.25) is 0 Å². The van der Waals surface area contributed by atoms with Gasteiger partial charge in [-0.2, -0.15) is 0 Å². The number of anilines is 1. The van der Waals surface area contributed by atoms with Gasteiger partial charge in [-0.15, -0.1) is 0 Å². The van der Waals surface area contributed by atoms with Crippen LogP contribution in [0.1, 0.15) is 39.0 Å². The number of unbranched alkanes of at least 4 members (excludes halogenated alkanes) is 3. The lowest BCUT2D eigenvalue weighted by Crippen LogP contribution is -2.25. The zero-order valence-corrected chi connectivity index (χ0v) is 11.6. The van der Waals surface area contributed by atoms with Crippen molar-refractivity contribution in [2.75, 3.05) is 11.4 Å². The van der Waals surface area contributed by atoms with E-state index in [1.165, 1.54) is 4.90 Å². The molecule has 1 aromatic rings. The van der Waals surface area contributed by atoms with E-state index in [-0.39, 0.29) is 18.3 Å². The molecule has 20 heavy (non-hydrogen) atoms. The van der Waals surface area contributed by atoms with E-state index in [1.807, 2.05) is 0 Å². The fourth-order valence-electron chi connectivity index (χ4n) is 2.36. The van der Waals surface area contributed by atoms with E-state index in [2.05, 4.69) is 6.92 Å². The molecule has 1 atom stereocenters. The van der Waals surface area contributed by atoms with Crippen molar-refractivity contribution in [3.05, 3.63) is 29.8 Å². The molecule has 5 heteroatoms. The largest absolute Gasteiger partial charge is 0.444 e. The van der Waals surface area contributed by atoms with Crippen molar-refractivity contribution < 1.29 is 18.3 Å². The standard InChI is InChI=1S/C15H19F2NO2/c1-2-3-4-5-6-12-10-18(15(19)20-12)14-9-11(16)7-8-13(14)17/h7-9,12H,2-6,10H2,1H3. The highest BCUT2D eigenvalue weighted by Crippen LogP contribution is 2.27. The molecule has 1 saturated heterocycles. The summed E-state index contributed by atoms with van der Waals surface area (Å²) in [5, 5.41) is 0. The van der Waals surface area contributed by atoms with Gasteiger partial charge in [0.05, 0.1) is 12.2 Å². The summed E-state index contributed by atoms with van der Waals surface area (Å²) in [4.78, 5) is 12.9. The molecule has 3 nitrogen and oxygen atoms in total. The Morgan fingerprint density at radius 2 is 2.10 bits per heavy atom. The molecule has 0 saturated carbocycles. The number of halogens is 2. The molecule has 1 heterocycles. The second-order valence-electron chi connectivity index (χ2n) is 5.06. The van der Waals surface area contributed by atoms with E-state index < -0.39 is 17.7 Å². The fourth-order valence-corrected chi connectivity index (χ4v) is 2.36. The normalized spacial score (nSPS) is 18.4. The highest BCUT2D eigenvalue weighted by atomic mass is 19.1. The quantitative estimate of drug-likeness (QED) is 0.730. The van der Waals surface area contributed by atoms with Gasteiger partial charge in [-0.25, -0.2) is 13.6 Å². The van der Waals surface area contributed by atoms with Gasteiger partial charge in [0, 0.05) is 6.07 Å². The Bertz CT molecular complexity index is 479.